The third-order valence-electron chi connectivity index (χ3n) is 4.90. The first-order chi connectivity index (χ1) is 15.8. The van der Waals surface area contributed by atoms with Crippen LogP contribution in [0.5, 0.6) is 0 Å². The monoisotopic (exact) mass is 573 g/mol. The zero-order valence-electron chi connectivity index (χ0n) is 17.3. The number of sulfone groups is 1. The van der Waals surface area contributed by atoms with Crippen LogP contribution in [0.4, 0.5) is 18.0 Å². The number of alkyl halides is 3. The van der Waals surface area contributed by atoms with E-state index in [1.54, 1.807) is 18.2 Å². The summed E-state index contributed by atoms with van der Waals surface area (Å²) in [4.78, 5) is 25.2. The van der Waals surface area contributed by atoms with Crippen LogP contribution in [0.3, 0.4) is 0 Å². The summed E-state index contributed by atoms with van der Waals surface area (Å²) in [6, 6.07) is 8.91. The number of hydrogen-bond donors (Lipinski definition) is 0. The Labute approximate surface area is 204 Å². The maximum absolute atomic E-state index is 13.4. The summed E-state index contributed by atoms with van der Waals surface area (Å²) in [6.07, 6.45) is -0.637. The van der Waals surface area contributed by atoms with Crippen molar-refractivity contribution in [3.8, 4) is 0 Å². The van der Waals surface area contributed by atoms with Crippen LogP contribution >= 0.6 is 27.7 Å². The summed E-state index contributed by atoms with van der Waals surface area (Å²) in [7, 11) is -3.58. The van der Waals surface area contributed by atoms with E-state index >= 15 is 0 Å². The molecule has 0 bridgehead atoms. The summed E-state index contributed by atoms with van der Waals surface area (Å²) < 4.78 is 65.0. The van der Waals surface area contributed by atoms with Crippen LogP contribution in [0.15, 0.2) is 52.0 Å². The number of benzene rings is 2. The van der Waals surface area contributed by atoms with Crippen molar-refractivity contribution < 1.29 is 31.2 Å². The summed E-state index contributed by atoms with van der Waals surface area (Å²) in [5.74, 6) is -1.40. The zero-order chi connectivity index (χ0) is 24.8. The molecule has 13 heteroatoms. The lowest BCUT2D eigenvalue weighted by Crippen LogP contribution is -2.33. The van der Waals surface area contributed by atoms with Gasteiger partial charge in [0.25, 0.3) is 11.1 Å². The Hall–Kier alpha value is -2.64. The van der Waals surface area contributed by atoms with Gasteiger partial charge in [-0.15, -0.1) is 0 Å². The van der Waals surface area contributed by atoms with Crippen molar-refractivity contribution in [1.29, 1.82) is 0 Å². The Balaban J connectivity index is 1.62. The molecular weight excluding hydrogens is 559 g/mol. The van der Waals surface area contributed by atoms with E-state index in [2.05, 4.69) is 21.0 Å². The highest BCUT2D eigenvalue weighted by Gasteiger charge is 2.37. The molecule has 0 radical (unpaired) electrons. The molecule has 0 N–H and O–H groups in total. The predicted molar refractivity (Wildman–Crippen MR) is 125 cm³/mol. The number of carbonyl (C=O) groups excluding carboxylic acids is 2. The molecule has 0 saturated carbocycles. The van der Waals surface area contributed by atoms with Crippen molar-refractivity contribution in [3.05, 3.63) is 68.7 Å². The average molecular weight is 574 g/mol. The number of nitrogens with zero attached hydrogens (tertiary/aromatic N) is 3. The third kappa shape index (κ3) is 5.20. The van der Waals surface area contributed by atoms with Crippen LogP contribution < -0.4 is 0 Å². The van der Waals surface area contributed by atoms with Crippen LogP contribution in [0.2, 0.25) is 0 Å². The van der Waals surface area contributed by atoms with Gasteiger partial charge in [-0.2, -0.15) is 18.3 Å². The SMILES string of the molecule is CS(=O)(=O)CN1C(=O)S/C(=C\c2ccc3c(cnn3Cc3ccc(Br)cc3C(F)(F)F)c2)C1=O. The number of fused-ring (bicyclic) bond motifs is 1. The topological polar surface area (TPSA) is 89.3 Å². The second-order valence-corrected chi connectivity index (χ2v) is 11.6. The first-order valence-electron chi connectivity index (χ1n) is 9.56. The molecule has 1 aliphatic rings. The molecule has 1 aliphatic heterocycles. The van der Waals surface area contributed by atoms with Gasteiger partial charge >= 0.3 is 6.18 Å². The highest BCUT2D eigenvalue weighted by Crippen LogP contribution is 2.35. The molecule has 178 valence electrons. The molecule has 34 heavy (non-hydrogen) atoms. The van der Waals surface area contributed by atoms with Crippen LogP contribution in [0.1, 0.15) is 16.7 Å². The molecule has 0 aliphatic carbocycles. The summed E-state index contributed by atoms with van der Waals surface area (Å²) in [5.41, 5.74) is 0.436. The van der Waals surface area contributed by atoms with Crippen LogP contribution in [0.25, 0.3) is 17.0 Å². The van der Waals surface area contributed by atoms with Crippen molar-refractivity contribution >= 4 is 65.7 Å². The lowest BCUT2D eigenvalue weighted by molar-refractivity contribution is -0.138. The Kier molecular flexibility index (Phi) is 6.38. The van der Waals surface area contributed by atoms with Crippen molar-refractivity contribution in [2.75, 3.05) is 12.1 Å². The van der Waals surface area contributed by atoms with Gasteiger partial charge in [0.15, 0.2) is 9.84 Å². The Bertz CT molecular complexity index is 1470. The molecule has 1 saturated heterocycles. The zero-order valence-corrected chi connectivity index (χ0v) is 20.6. The first-order valence-corrected chi connectivity index (χ1v) is 13.2. The van der Waals surface area contributed by atoms with E-state index in [4.69, 9.17) is 0 Å². The summed E-state index contributed by atoms with van der Waals surface area (Å²) in [5, 5.41) is 4.15. The fourth-order valence-electron chi connectivity index (χ4n) is 3.43. The lowest BCUT2D eigenvalue weighted by Gasteiger charge is -2.14. The van der Waals surface area contributed by atoms with Crippen LogP contribution in [-0.4, -0.2) is 46.4 Å². The standard InChI is InChI=1S/C21H15BrF3N3O4S2/c1-34(31,32)11-27-19(29)18(33-20(27)30)7-12-2-5-17-14(6-12)9-26-28(17)10-13-3-4-15(22)8-16(13)21(23,24)25/h2-9H,10-11H2,1H3/b18-7-. The molecule has 2 amide bonds. The van der Waals surface area contributed by atoms with E-state index in [9.17, 15) is 31.2 Å². The van der Waals surface area contributed by atoms with Gasteiger partial charge in [-0.3, -0.25) is 19.2 Å². The quantitative estimate of drug-likeness (QED) is 0.403. The molecule has 0 unspecified atom stereocenters. The highest BCUT2D eigenvalue weighted by atomic mass is 79.9. The number of amides is 2. The van der Waals surface area contributed by atoms with Crippen molar-refractivity contribution in [1.82, 2.24) is 14.7 Å². The molecule has 1 aromatic heterocycles. The van der Waals surface area contributed by atoms with Crippen LogP contribution in [0, 0.1) is 0 Å². The van der Waals surface area contributed by atoms with E-state index in [1.165, 1.54) is 29.1 Å². The molecular formula is C21H15BrF3N3O4S2. The van der Waals surface area contributed by atoms with Gasteiger partial charge in [0.2, 0.25) is 0 Å². The molecule has 0 spiro atoms. The first kappa shape index (κ1) is 24.5. The lowest BCUT2D eigenvalue weighted by atomic mass is 10.1. The minimum atomic E-state index is -4.52. The minimum absolute atomic E-state index is 0.0596. The van der Waals surface area contributed by atoms with Gasteiger partial charge in [0.1, 0.15) is 5.88 Å². The largest absolute Gasteiger partial charge is 0.416 e. The molecule has 4 rings (SSSR count). The fourth-order valence-corrected chi connectivity index (χ4v) is 5.41. The second kappa shape index (κ2) is 8.86. The van der Waals surface area contributed by atoms with E-state index in [-0.39, 0.29) is 17.0 Å². The number of imide groups is 1. The fraction of sp³-hybridized carbons (Fsp3) is 0.190. The molecule has 0 atom stereocenters. The van der Waals surface area contributed by atoms with Gasteiger partial charge in [-0.05, 0) is 53.2 Å². The van der Waals surface area contributed by atoms with Crippen molar-refractivity contribution in [2.45, 2.75) is 12.7 Å². The third-order valence-corrected chi connectivity index (χ3v) is 7.03. The van der Waals surface area contributed by atoms with Crippen LogP contribution in [-0.2, 0) is 27.4 Å². The normalized spacial score (nSPS) is 16.3. The van der Waals surface area contributed by atoms with Gasteiger partial charge < -0.3 is 0 Å². The number of carbonyl (C=O) groups is 2. The Morgan fingerprint density at radius 1 is 1.15 bits per heavy atom. The van der Waals surface area contributed by atoms with Crippen molar-refractivity contribution in [2.24, 2.45) is 0 Å². The Morgan fingerprint density at radius 3 is 2.56 bits per heavy atom. The van der Waals surface area contributed by atoms with E-state index < -0.39 is 38.6 Å². The van der Waals surface area contributed by atoms with Gasteiger partial charge in [-0.1, -0.05) is 28.1 Å². The highest BCUT2D eigenvalue weighted by molar-refractivity contribution is 9.10. The number of halogens is 4. The van der Waals surface area contributed by atoms with Gasteiger partial charge in [0, 0.05) is 16.1 Å². The second-order valence-electron chi connectivity index (χ2n) is 7.58. The molecule has 2 heterocycles. The molecule has 3 aromatic rings. The van der Waals surface area contributed by atoms with Gasteiger partial charge in [-0.25, -0.2) is 8.42 Å². The number of rotatable bonds is 5. The summed E-state index contributed by atoms with van der Waals surface area (Å²) in [6.45, 7) is -0.102. The average Bonchev–Trinajstić information content (AvgIpc) is 3.23. The smallest absolute Gasteiger partial charge is 0.268 e. The van der Waals surface area contributed by atoms with Gasteiger partial charge in [0.05, 0.1) is 28.7 Å². The number of thioether (sulfide) groups is 1. The Morgan fingerprint density at radius 2 is 1.88 bits per heavy atom. The summed E-state index contributed by atoms with van der Waals surface area (Å²) >= 11 is 3.71. The minimum Gasteiger partial charge on any atom is -0.268 e. The van der Waals surface area contributed by atoms with E-state index in [0.29, 0.717) is 37.6 Å². The number of aromatic nitrogens is 2. The number of hydrogen-bond acceptors (Lipinski definition) is 6. The maximum Gasteiger partial charge on any atom is 0.416 e. The van der Waals surface area contributed by atoms with E-state index in [0.717, 1.165) is 12.3 Å². The van der Waals surface area contributed by atoms with E-state index in [1.807, 2.05) is 0 Å². The molecule has 1 fully saturated rings. The molecule has 7 nitrogen and oxygen atoms in total. The molecule has 2 aromatic carbocycles. The van der Waals surface area contributed by atoms with Crippen molar-refractivity contribution in [3.63, 3.8) is 0 Å². The predicted octanol–water partition coefficient (Wildman–Crippen LogP) is 4.90. The maximum atomic E-state index is 13.4.